The van der Waals surface area contributed by atoms with Gasteiger partial charge < -0.3 is 5.41 Å². The zero-order valence-electron chi connectivity index (χ0n) is 9.84. The Bertz CT molecular complexity index is 315. The van der Waals surface area contributed by atoms with Gasteiger partial charge in [-0.1, -0.05) is 38.1 Å². The van der Waals surface area contributed by atoms with Gasteiger partial charge >= 0.3 is 0 Å². The van der Waals surface area contributed by atoms with Crippen LogP contribution in [0.1, 0.15) is 44.2 Å². The molecule has 0 amide bonds. The van der Waals surface area contributed by atoms with Crippen molar-refractivity contribution in [2.75, 3.05) is 0 Å². The van der Waals surface area contributed by atoms with Crippen LogP contribution in [0.25, 0.3) is 0 Å². The standard InChI is InChI=1S/C14H21N/c1-3-12-7-5-8-13(11-12)9-6-10-14(15)4-2/h5,7-8,11,15H,3-4,6,9-10H2,1-2H3. The highest BCUT2D eigenvalue weighted by atomic mass is 14.4. The fourth-order valence-electron chi connectivity index (χ4n) is 1.69. The first-order chi connectivity index (χ1) is 7.26. The van der Waals surface area contributed by atoms with Crippen molar-refractivity contribution in [1.82, 2.24) is 0 Å². The largest absolute Gasteiger partial charge is 0.310 e. The summed E-state index contributed by atoms with van der Waals surface area (Å²) in [6, 6.07) is 8.79. The van der Waals surface area contributed by atoms with E-state index in [0.29, 0.717) is 0 Å². The zero-order valence-corrected chi connectivity index (χ0v) is 9.84. The third-order valence-electron chi connectivity index (χ3n) is 2.77. The van der Waals surface area contributed by atoms with Gasteiger partial charge in [0.1, 0.15) is 0 Å². The molecule has 0 fully saturated rings. The third kappa shape index (κ3) is 4.28. The maximum atomic E-state index is 7.58. The number of aryl methyl sites for hydroxylation is 2. The molecule has 0 saturated carbocycles. The Morgan fingerprint density at radius 3 is 2.60 bits per heavy atom. The highest BCUT2D eigenvalue weighted by Gasteiger charge is 1.97. The molecule has 0 aliphatic carbocycles. The molecule has 0 aliphatic rings. The Morgan fingerprint density at radius 2 is 1.93 bits per heavy atom. The van der Waals surface area contributed by atoms with Crippen LogP contribution < -0.4 is 0 Å². The van der Waals surface area contributed by atoms with Crippen molar-refractivity contribution in [2.24, 2.45) is 0 Å². The van der Waals surface area contributed by atoms with Crippen LogP contribution in [-0.2, 0) is 12.8 Å². The number of hydrogen-bond donors (Lipinski definition) is 1. The van der Waals surface area contributed by atoms with Crippen LogP contribution in [0, 0.1) is 5.41 Å². The smallest absolute Gasteiger partial charge is 0.00865 e. The second kappa shape index (κ2) is 6.39. The van der Waals surface area contributed by atoms with E-state index in [1.807, 2.05) is 0 Å². The average Bonchev–Trinajstić information content (AvgIpc) is 2.29. The molecule has 0 aliphatic heterocycles. The van der Waals surface area contributed by atoms with Crippen molar-refractivity contribution in [1.29, 1.82) is 5.41 Å². The van der Waals surface area contributed by atoms with Crippen LogP contribution in [0.15, 0.2) is 24.3 Å². The monoisotopic (exact) mass is 203 g/mol. The van der Waals surface area contributed by atoms with Crippen LogP contribution in [0.3, 0.4) is 0 Å². The lowest BCUT2D eigenvalue weighted by atomic mass is 10.0. The fraction of sp³-hybridized carbons (Fsp3) is 0.500. The summed E-state index contributed by atoms with van der Waals surface area (Å²) in [5.74, 6) is 0. The quantitative estimate of drug-likeness (QED) is 0.676. The summed E-state index contributed by atoms with van der Waals surface area (Å²) in [6.07, 6.45) is 5.18. The number of nitrogens with one attached hydrogen (secondary N) is 1. The van der Waals surface area contributed by atoms with Crippen molar-refractivity contribution in [3.05, 3.63) is 35.4 Å². The first-order valence-corrected chi connectivity index (χ1v) is 5.90. The Morgan fingerprint density at radius 1 is 1.20 bits per heavy atom. The van der Waals surface area contributed by atoms with E-state index in [2.05, 4.69) is 38.1 Å². The SMILES string of the molecule is CCC(=N)CCCc1cccc(CC)c1. The molecule has 1 rings (SSSR count). The molecular weight excluding hydrogens is 182 g/mol. The van der Waals surface area contributed by atoms with Crippen molar-refractivity contribution in [3.63, 3.8) is 0 Å². The molecule has 15 heavy (non-hydrogen) atoms. The molecular formula is C14H21N. The van der Waals surface area contributed by atoms with E-state index in [0.717, 1.165) is 37.8 Å². The number of benzene rings is 1. The summed E-state index contributed by atoms with van der Waals surface area (Å²) in [7, 11) is 0. The number of hydrogen-bond acceptors (Lipinski definition) is 1. The molecule has 82 valence electrons. The van der Waals surface area contributed by atoms with E-state index >= 15 is 0 Å². The molecule has 1 heteroatoms. The lowest BCUT2D eigenvalue weighted by molar-refractivity contribution is 0.848. The molecule has 1 aromatic carbocycles. The van der Waals surface area contributed by atoms with E-state index in [-0.39, 0.29) is 0 Å². The summed E-state index contributed by atoms with van der Waals surface area (Å²) in [5.41, 5.74) is 3.71. The van der Waals surface area contributed by atoms with Gasteiger partial charge in [0.05, 0.1) is 0 Å². The normalized spacial score (nSPS) is 10.3. The van der Waals surface area contributed by atoms with Crippen LogP contribution in [-0.4, -0.2) is 5.71 Å². The van der Waals surface area contributed by atoms with E-state index in [1.165, 1.54) is 11.1 Å². The van der Waals surface area contributed by atoms with Crippen molar-refractivity contribution in [3.8, 4) is 0 Å². The predicted molar refractivity (Wildman–Crippen MR) is 66.8 cm³/mol. The van der Waals surface area contributed by atoms with E-state index in [9.17, 15) is 0 Å². The molecule has 0 unspecified atom stereocenters. The van der Waals surface area contributed by atoms with Gasteiger partial charge in [-0.2, -0.15) is 0 Å². The lowest BCUT2D eigenvalue weighted by Gasteiger charge is -2.04. The maximum absolute atomic E-state index is 7.58. The van der Waals surface area contributed by atoms with Crippen LogP contribution >= 0.6 is 0 Å². The third-order valence-corrected chi connectivity index (χ3v) is 2.77. The van der Waals surface area contributed by atoms with Crippen LogP contribution in [0.2, 0.25) is 0 Å². The fourth-order valence-corrected chi connectivity index (χ4v) is 1.69. The van der Waals surface area contributed by atoms with Crippen molar-refractivity contribution in [2.45, 2.75) is 46.0 Å². The van der Waals surface area contributed by atoms with Gasteiger partial charge in [0, 0.05) is 5.71 Å². The van der Waals surface area contributed by atoms with E-state index < -0.39 is 0 Å². The molecule has 0 spiro atoms. The Hall–Kier alpha value is -1.11. The molecule has 1 N–H and O–H groups in total. The Kier molecular flexibility index (Phi) is 5.09. The predicted octanol–water partition coefficient (Wildman–Crippen LogP) is 4.00. The minimum atomic E-state index is 0.877. The molecule has 0 heterocycles. The summed E-state index contributed by atoms with van der Waals surface area (Å²) >= 11 is 0. The summed E-state index contributed by atoms with van der Waals surface area (Å²) in [5, 5.41) is 7.58. The van der Waals surface area contributed by atoms with Crippen molar-refractivity contribution >= 4 is 5.71 Å². The highest BCUT2D eigenvalue weighted by molar-refractivity contribution is 5.80. The zero-order chi connectivity index (χ0) is 11.1. The number of rotatable bonds is 6. The van der Waals surface area contributed by atoms with Gasteiger partial charge in [-0.05, 0) is 43.2 Å². The second-order valence-electron chi connectivity index (χ2n) is 3.98. The van der Waals surface area contributed by atoms with Crippen LogP contribution in [0.4, 0.5) is 0 Å². The van der Waals surface area contributed by atoms with Gasteiger partial charge in [0.15, 0.2) is 0 Å². The van der Waals surface area contributed by atoms with Gasteiger partial charge in [-0.25, -0.2) is 0 Å². The molecule has 1 nitrogen and oxygen atoms in total. The van der Waals surface area contributed by atoms with Crippen molar-refractivity contribution < 1.29 is 0 Å². The molecule has 0 aromatic heterocycles. The lowest BCUT2D eigenvalue weighted by Crippen LogP contribution is -1.95. The maximum Gasteiger partial charge on any atom is 0.00865 e. The molecule has 0 saturated heterocycles. The average molecular weight is 203 g/mol. The Labute approximate surface area is 93.0 Å². The molecule has 0 radical (unpaired) electrons. The van der Waals surface area contributed by atoms with E-state index in [1.54, 1.807) is 0 Å². The molecule has 0 atom stereocenters. The molecule has 0 bridgehead atoms. The topological polar surface area (TPSA) is 23.9 Å². The summed E-state index contributed by atoms with van der Waals surface area (Å²) < 4.78 is 0. The van der Waals surface area contributed by atoms with Gasteiger partial charge in [-0.3, -0.25) is 0 Å². The van der Waals surface area contributed by atoms with Gasteiger partial charge in [0.2, 0.25) is 0 Å². The first kappa shape index (κ1) is 12.0. The summed E-state index contributed by atoms with van der Waals surface area (Å²) in [4.78, 5) is 0. The van der Waals surface area contributed by atoms with Gasteiger partial charge in [0.25, 0.3) is 0 Å². The van der Waals surface area contributed by atoms with E-state index in [4.69, 9.17) is 5.41 Å². The minimum absolute atomic E-state index is 0.877. The molecule has 1 aromatic rings. The first-order valence-electron chi connectivity index (χ1n) is 5.90. The minimum Gasteiger partial charge on any atom is -0.310 e. The van der Waals surface area contributed by atoms with Gasteiger partial charge in [-0.15, -0.1) is 0 Å². The highest BCUT2D eigenvalue weighted by Crippen LogP contribution is 2.09. The second-order valence-corrected chi connectivity index (χ2v) is 3.98. The summed E-state index contributed by atoms with van der Waals surface area (Å²) in [6.45, 7) is 4.24. The Balaban J connectivity index is 2.40. The van der Waals surface area contributed by atoms with Crippen LogP contribution in [0.5, 0.6) is 0 Å².